The highest BCUT2D eigenvalue weighted by molar-refractivity contribution is 6.30. The van der Waals surface area contributed by atoms with Crippen LogP contribution in [-0.4, -0.2) is 11.3 Å². The summed E-state index contributed by atoms with van der Waals surface area (Å²) in [5, 5.41) is 0.515. The number of hydrogen-bond donors (Lipinski definition) is 0. The number of carbonyl (C=O) groups excluding carboxylic acids is 1. The van der Waals surface area contributed by atoms with Gasteiger partial charge in [0.1, 0.15) is 12.4 Å². The fourth-order valence-electron chi connectivity index (χ4n) is 1.60. The van der Waals surface area contributed by atoms with E-state index in [1.165, 1.54) is 0 Å². The molecule has 0 fully saturated rings. The van der Waals surface area contributed by atoms with Crippen LogP contribution in [0.3, 0.4) is 0 Å². The van der Waals surface area contributed by atoms with Crippen LogP contribution in [-0.2, 0) is 6.61 Å². The molecule has 0 amide bonds. The third-order valence-electron chi connectivity index (χ3n) is 2.42. The number of ether oxygens (including phenoxy) is 1. The van der Waals surface area contributed by atoms with Crippen LogP contribution in [0.4, 0.5) is 0 Å². The maximum atomic E-state index is 10.9. The Hall–Kier alpha value is -1.87. The molecule has 0 aliphatic heterocycles. The van der Waals surface area contributed by atoms with Crippen molar-refractivity contribution >= 4 is 17.9 Å². The predicted octanol–water partition coefficient (Wildman–Crippen LogP) is 3.43. The first-order valence-corrected chi connectivity index (χ1v) is 5.85. The molecule has 0 atom stereocenters. The first kappa shape index (κ1) is 12.6. The molecule has 0 spiro atoms. The number of benzene rings is 1. The lowest BCUT2D eigenvalue weighted by molar-refractivity contribution is 0.111. The van der Waals surface area contributed by atoms with Gasteiger partial charge in [0.05, 0.1) is 5.56 Å². The molecule has 1 aromatic heterocycles. The van der Waals surface area contributed by atoms with Gasteiger partial charge in [-0.3, -0.25) is 9.78 Å². The molecule has 1 heterocycles. The van der Waals surface area contributed by atoms with Gasteiger partial charge in [0.15, 0.2) is 6.29 Å². The van der Waals surface area contributed by atoms with Gasteiger partial charge in [-0.15, -0.1) is 0 Å². The molecule has 0 N–H and O–H groups in total. The van der Waals surface area contributed by atoms with Crippen LogP contribution >= 0.6 is 11.6 Å². The maximum absolute atomic E-state index is 10.9. The molecule has 18 heavy (non-hydrogen) atoms. The molecule has 92 valence electrons. The fraction of sp³-hybridized carbons (Fsp3) is 0.143. The zero-order chi connectivity index (χ0) is 13.0. The molecule has 2 rings (SSSR count). The van der Waals surface area contributed by atoms with Crippen molar-refractivity contribution in [3.05, 3.63) is 58.4 Å². The number of nitrogens with zero attached hydrogens (tertiary/aromatic N) is 1. The third-order valence-corrected chi connectivity index (χ3v) is 2.66. The van der Waals surface area contributed by atoms with E-state index in [-0.39, 0.29) is 0 Å². The second-order valence-corrected chi connectivity index (χ2v) is 4.40. The Kier molecular flexibility index (Phi) is 3.95. The normalized spacial score (nSPS) is 10.1. The van der Waals surface area contributed by atoms with Crippen molar-refractivity contribution in [3.63, 3.8) is 0 Å². The molecular weight excluding hydrogens is 250 g/mol. The van der Waals surface area contributed by atoms with Crippen LogP contribution in [0.15, 0.2) is 36.7 Å². The van der Waals surface area contributed by atoms with Crippen molar-refractivity contribution < 1.29 is 9.53 Å². The summed E-state index contributed by atoms with van der Waals surface area (Å²) in [5.74, 6) is 0.524. The summed E-state index contributed by atoms with van der Waals surface area (Å²) < 4.78 is 5.59. The predicted molar refractivity (Wildman–Crippen MR) is 70.1 cm³/mol. The highest BCUT2D eigenvalue weighted by Crippen LogP contribution is 2.22. The van der Waals surface area contributed by atoms with E-state index in [1.54, 1.807) is 30.6 Å². The average molecular weight is 262 g/mol. The average Bonchev–Trinajstić information content (AvgIpc) is 2.37. The lowest BCUT2D eigenvalue weighted by atomic mass is 10.2. The van der Waals surface area contributed by atoms with E-state index >= 15 is 0 Å². The second kappa shape index (κ2) is 5.65. The number of aldehydes is 1. The second-order valence-electron chi connectivity index (χ2n) is 3.96. The molecule has 0 bridgehead atoms. The van der Waals surface area contributed by atoms with Gasteiger partial charge in [0.25, 0.3) is 0 Å². The molecule has 0 saturated carbocycles. The number of hydrogen-bond acceptors (Lipinski definition) is 3. The largest absolute Gasteiger partial charge is 0.488 e. The van der Waals surface area contributed by atoms with Crippen LogP contribution in [0.25, 0.3) is 0 Å². The lowest BCUT2D eigenvalue weighted by Gasteiger charge is -2.08. The van der Waals surface area contributed by atoms with E-state index in [1.807, 2.05) is 13.0 Å². The van der Waals surface area contributed by atoms with E-state index in [4.69, 9.17) is 16.3 Å². The number of aryl methyl sites for hydroxylation is 1. The SMILES string of the molecule is Cc1cncc(COc2ccc(Cl)cc2C=O)c1. The summed E-state index contributed by atoms with van der Waals surface area (Å²) in [6.45, 7) is 2.34. The maximum Gasteiger partial charge on any atom is 0.153 e. The van der Waals surface area contributed by atoms with Gasteiger partial charge < -0.3 is 4.74 Å². The summed E-state index contributed by atoms with van der Waals surface area (Å²) in [7, 11) is 0. The van der Waals surface area contributed by atoms with Crippen molar-refractivity contribution in [1.29, 1.82) is 0 Å². The molecule has 4 heteroatoms. The molecule has 0 radical (unpaired) electrons. The minimum Gasteiger partial charge on any atom is -0.488 e. The zero-order valence-corrected chi connectivity index (χ0v) is 10.6. The van der Waals surface area contributed by atoms with Gasteiger partial charge in [0.2, 0.25) is 0 Å². The van der Waals surface area contributed by atoms with E-state index < -0.39 is 0 Å². The topological polar surface area (TPSA) is 39.2 Å². The summed E-state index contributed by atoms with van der Waals surface area (Å²) in [5.41, 5.74) is 2.48. The van der Waals surface area contributed by atoms with Crippen molar-refractivity contribution in [3.8, 4) is 5.75 Å². The van der Waals surface area contributed by atoms with Crippen LogP contribution in [0, 0.1) is 6.92 Å². The van der Waals surface area contributed by atoms with Crippen LogP contribution in [0.1, 0.15) is 21.5 Å². The molecular formula is C14H12ClNO2. The third kappa shape index (κ3) is 3.08. The van der Waals surface area contributed by atoms with Crippen molar-refractivity contribution in [2.24, 2.45) is 0 Å². The smallest absolute Gasteiger partial charge is 0.153 e. The van der Waals surface area contributed by atoms with E-state index in [0.29, 0.717) is 22.9 Å². The van der Waals surface area contributed by atoms with Gasteiger partial charge in [-0.2, -0.15) is 0 Å². The van der Waals surface area contributed by atoms with Gasteiger partial charge >= 0.3 is 0 Å². The summed E-state index contributed by atoms with van der Waals surface area (Å²) in [6.07, 6.45) is 4.25. The van der Waals surface area contributed by atoms with Gasteiger partial charge in [-0.25, -0.2) is 0 Å². The first-order chi connectivity index (χ1) is 8.69. The highest BCUT2D eigenvalue weighted by Gasteiger charge is 2.04. The molecule has 2 aromatic rings. The van der Waals surface area contributed by atoms with Gasteiger partial charge in [0, 0.05) is 23.0 Å². The number of carbonyl (C=O) groups is 1. The Morgan fingerprint density at radius 1 is 1.33 bits per heavy atom. The van der Waals surface area contributed by atoms with Crippen LogP contribution in [0.2, 0.25) is 5.02 Å². The standard InChI is InChI=1S/C14H12ClNO2/c1-10-4-11(7-16-6-10)9-18-14-3-2-13(15)5-12(14)8-17/h2-8H,9H2,1H3. The van der Waals surface area contributed by atoms with E-state index in [2.05, 4.69) is 4.98 Å². The molecule has 0 aliphatic rings. The van der Waals surface area contributed by atoms with E-state index in [0.717, 1.165) is 17.4 Å². The Bertz CT molecular complexity index is 569. The molecule has 0 aliphatic carbocycles. The molecule has 3 nitrogen and oxygen atoms in total. The fourth-order valence-corrected chi connectivity index (χ4v) is 1.78. The van der Waals surface area contributed by atoms with Crippen molar-refractivity contribution in [2.45, 2.75) is 13.5 Å². The van der Waals surface area contributed by atoms with Crippen molar-refractivity contribution in [2.75, 3.05) is 0 Å². The van der Waals surface area contributed by atoms with Crippen molar-refractivity contribution in [1.82, 2.24) is 4.98 Å². The minimum atomic E-state index is 0.372. The first-order valence-electron chi connectivity index (χ1n) is 5.47. The Morgan fingerprint density at radius 2 is 2.17 bits per heavy atom. The van der Waals surface area contributed by atoms with Gasteiger partial charge in [-0.05, 0) is 36.8 Å². The lowest BCUT2D eigenvalue weighted by Crippen LogP contribution is -1.99. The summed E-state index contributed by atoms with van der Waals surface area (Å²) in [6, 6.07) is 6.95. The Labute approximate surface area is 110 Å². The van der Waals surface area contributed by atoms with Crippen LogP contribution in [0.5, 0.6) is 5.75 Å². The minimum absolute atomic E-state index is 0.372. The molecule has 1 aromatic carbocycles. The summed E-state index contributed by atoms with van der Waals surface area (Å²) >= 11 is 5.81. The highest BCUT2D eigenvalue weighted by atomic mass is 35.5. The van der Waals surface area contributed by atoms with Gasteiger partial charge in [-0.1, -0.05) is 11.6 Å². The Morgan fingerprint density at radius 3 is 2.89 bits per heavy atom. The molecule has 0 unspecified atom stereocenters. The Balaban J connectivity index is 2.13. The number of rotatable bonds is 4. The number of aromatic nitrogens is 1. The monoisotopic (exact) mass is 261 g/mol. The number of pyridine rings is 1. The number of halogens is 1. The summed E-state index contributed by atoms with van der Waals surface area (Å²) in [4.78, 5) is 15.0. The van der Waals surface area contributed by atoms with Crippen LogP contribution < -0.4 is 4.74 Å². The molecule has 0 saturated heterocycles. The quantitative estimate of drug-likeness (QED) is 0.792. The van der Waals surface area contributed by atoms with E-state index in [9.17, 15) is 4.79 Å². The zero-order valence-electron chi connectivity index (χ0n) is 9.89.